The van der Waals surface area contributed by atoms with Crippen LogP contribution in [0.4, 0.5) is 16.3 Å². The predicted molar refractivity (Wildman–Crippen MR) is 160 cm³/mol. The fourth-order valence-electron chi connectivity index (χ4n) is 4.97. The van der Waals surface area contributed by atoms with Crippen LogP contribution in [-0.4, -0.2) is 49.5 Å². The molecule has 220 valence electrons. The number of amides is 2. The smallest absolute Gasteiger partial charge is 0.330 e. The summed E-state index contributed by atoms with van der Waals surface area (Å²) in [5, 5.41) is -0.302. The van der Waals surface area contributed by atoms with Crippen LogP contribution in [0, 0.1) is 0 Å². The highest BCUT2D eigenvalue weighted by Gasteiger charge is 2.40. The Labute approximate surface area is 243 Å². The third kappa shape index (κ3) is 7.12. The van der Waals surface area contributed by atoms with E-state index in [4.69, 9.17) is 9.47 Å². The van der Waals surface area contributed by atoms with Crippen molar-refractivity contribution in [1.29, 1.82) is 0 Å². The first-order valence-corrected chi connectivity index (χ1v) is 15.9. The summed E-state index contributed by atoms with van der Waals surface area (Å²) < 4.78 is 38.3. The number of carbonyl (C=O) groups excluding carboxylic acids is 1. The molecule has 0 unspecified atom stereocenters. The average Bonchev–Trinajstić information content (AvgIpc) is 3.32. The highest BCUT2D eigenvalue weighted by molar-refractivity contribution is 7.90. The van der Waals surface area contributed by atoms with Gasteiger partial charge in [-0.1, -0.05) is 75.7 Å². The van der Waals surface area contributed by atoms with Gasteiger partial charge in [0, 0.05) is 17.4 Å². The van der Waals surface area contributed by atoms with E-state index in [0.29, 0.717) is 17.7 Å². The fraction of sp³-hybridized carbons (Fsp3) is 0.452. The number of urea groups is 1. The number of benzene rings is 2. The van der Waals surface area contributed by atoms with E-state index in [1.807, 2.05) is 58.0 Å². The molecule has 2 aliphatic heterocycles. The molecule has 0 spiro atoms. The molecule has 1 saturated heterocycles. The molecule has 0 aliphatic carbocycles. The maximum Gasteiger partial charge on any atom is 0.330 e. The van der Waals surface area contributed by atoms with E-state index in [1.165, 1.54) is 11.1 Å². The molecule has 0 bridgehead atoms. The van der Waals surface area contributed by atoms with Crippen LogP contribution in [0.15, 0.2) is 66.0 Å². The molecular weight excluding hydrogens is 540 g/mol. The molecule has 2 aliphatic rings. The summed E-state index contributed by atoms with van der Waals surface area (Å²) in [7, 11) is -3.85. The largest absolute Gasteiger partial charge is 0.348 e. The summed E-state index contributed by atoms with van der Waals surface area (Å²) >= 11 is 0. The lowest BCUT2D eigenvalue weighted by Crippen LogP contribution is -2.51. The van der Waals surface area contributed by atoms with E-state index >= 15 is 0 Å². The number of hydrogen-bond acceptors (Lipinski definition) is 7. The molecule has 10 heteroatoms. The van der Waals surface area contributed by atoms with Gasteiger partial charge in [0.1, 0.15) is 11.9 Å². The van der Waals surface area contributed by atoms with E-state index in [-0.39, 0.29) is 35.8 Å². The fourth-order valence-corrected chi connectivity index (χ4v) is 6.17. The van der Waals surface area contributed by atoms with Crippen molar-refractivity contribution < 1.29 is 22.7 Å². The Morgan fingerprint density at radius 3 is 2.44 bits per heavy atom. The molecule has 2 amide bonds. The van der Waals surface area contributed by atoms with Crippen molar-refractivity contribution in [3.8, 4) is 0 Å². The molecule has 0 radical (unpaired) electrons. The van der Waals surface area contributed by atoms with Crippen LogP contribution in [0.25, 0.3) is 0 Å². The number of rotatable bonds is 9. The number of nitrogens with zero attached hydrogens (tertiary/aromatic N) is 4. The SMILES string of the molecule is CC.CCCCc1ccccc1N1Cc2cnc(S(=O)(=O)Cc3ccccc3)nc2N(C[C@H]2COC(C)(C)O2)C1=O. The van der Waals surface area contributed by atoms with Crippen molar-refractivity contribution in [2.45, 2.75) is 83.2 Å². The number of sulfone groups is 1. The first kappa shape index (κ1) is 30.6. The van der Waals surface area contributed by atoms with Gasteiger partial charge in [-0.2, -0.15) is 0 Å². The Morgan fingerprint density at radius 1 is 1.05 bits per heavy atom. The van der Waals surface area contributed by atoms with Gasteiger partial charge < -0.3 is 9.47 Å². The highest BCUT2D eigenvalue weighted by atomic mass is 32.2. The summed E-state index contributed by atoms with van der Waals surface area (Å²) in [5.74, 6) is -0.711. The number of fused-ring (bicyclic) bond motifs is 1. The maximum absolute atomic E-state index is 14.1. The first-order valence-electron chi connectivity index (χ1n) is 14.3. The van der Waals surface area contributed by atoms with E-state index in [1.54, 1.807) is 29.2 Å². The quantitative estimate of drug-likeness (QED) is 0.290. The number of carbonyl (C=O) groups is 1. The average molecular weight is 581 g/mol. The molecule has 5 rings (SSSR count). The van der Waals surface area contributed by atoms with Gasteiger partial charge in [0.15, 0.2) is 5.79 Å². The zero-order valence-corrected chi connectivity index (χ0v) is 25.4. The second-order valence-corrected chi connectivity index (χ2v) is 12.3. The van der Waals surface area contributed by atoms with Gasteiger partial charge in [0.2, 0.25) is 15.0 Å². The second-order valence-electron chi connectivity index (χ2n) is 10.4. The topological polar surface area (TPSA) is 102 Å². The Kier molecular flexibility index (Phi) is 9.78. The molecule has 0 N–H and O–H groups in total. The van der Waals surface area contributed by atoms with Crippen molar-refractivity contribution in [2.75, 3.05) is 23.0 Å². The molecule has 1 aromatic heterocycles. The second kappa shape index (κ2) is 13.1. The van der Waals surface area contributed by atoms with Gasteiger partial charge in [-0.05, 0) is 43.9 Å². The van der Waals surface area contributed by atoms with E-state index in [2.05, 4.69) is 16.9 Å². The molecule has 41 heavy (non-hydrogen) atoms. The number of anilines is 2. The number of ether oxygens (including phenoxy) is 2. The molecule has 1 fully saturated rings. The van der Waals surface area contributed by atoms with Gasteiger partial charge in [0.25, 0.3) is 0 Å². The van der Waals surface area contributed by atoms with Gasteiger partial charge in [-0.3, -0.25) is 9.80 Å². The van der Waals surface area contributed by atoms with Crippen LogP contribution in [0.2, 0.25) is 0 Å². The van der Waals surface area contributed by atoms with Crippen molar-refractivity contribution in [3.05, 3.63) is 77.5 Å². The number of aryl methyl sites for hydroxylation is 1. The Morgan fingerprint density at radius 2 is 1.76 bits per heavy atom. The molecule has 0 saturated carbocycles. The number of para-hydroxylation sites is 1. The first-order chi connectivity index (χ1) is 19.7. The minimum absolute atomic E-state index is 0.165. The van der Waals surface area contributed by atoms with E-state index in [0.717, 1.165) is 30.5 Å². The number of hydrogen-bond donors (Lipinski definition) is 0. The molecule has 3 aromatic rings. The van der Waals surface area contributed by atoms with Gasteiger partial charge in [-0.15, -0.1) is 0 Å². The zero-order chi connectivity index (χ0) is 29.6. The highest BCUT2D eigenvalue weighted by Crippen LogP contribution is 2.34. The Bertz CT molecular complexity index is 1450. The van der Waals surface area contributed by atoms with Gasteiger partial charge >= 0.3 is 6.03 Å². The van der Waals surface area contributed by atoms with Crippen LogP contribution in [0.3, 0.4) is 0 Å². The lowest BCUT2D eigenvalue weighted by Gasteiger charge is -2.37. The number of unbranched alkanes of at least 4 members (excludes halogenated alkanes) is 1. The minimum atomic E-state index is -3.85. The standard InChI is InChI=1S/C29H34N4O5S.C2H6/c1-4-5-13-22-14-9-10-15-25(22)32-17-23-16-30-27(39(35,36)20-21-11-7-6-8-12-21)31-26(23)33(28(32)34)18-24-19-37-29(2,3)38-24;1-2/h6-12,14-16,24H,4-5,13,17-20H2,1-3H3;1-2H3/t24-;/m0./s1. The van der Waals surface area contributed by atoms with Crippen LogP contribution >= 0.6 is 0 Å². The molecule has 3 heterocycles. The van der Waals surface area contributed by atoms with Crippen molar-refractivity contribution in [3.63, 3.8) is 0 Å². The summed E-state index contributed by atoms with van der Waals surface area (Å²) in [4.78, 5) is 26.0. The van der Waals surface area contributed by atoms with E-state index in [9.17, 15) is 13.2 Å². The summed E-state index contributed by atoms with van der Waals surface area (Å²) in [5.41, 5.74) is 3.22. The van der Waals surface area contributed by atoms with Crippen LogP contribution < -0.4 is 9.80 Å². The van der Waals surface area contributed by atoms with E-state index < -0.39 is 21.7 Å². The van der Waals surface area contributed by atoms with Gasteiger partial charge in [0.05, 0.1) is 25.4 Å². The molecular formula is C31H40N4O5S. The summed E-state index contributed by atoms with van der Waals surface area (Å²) in [6.07, 6.45) is 4.03. The predicted octanol–water partition coefficient (Wildman–Crippen LogP) is 5.92. The maximum atomic E-state index is 14.1. The minimum Gasteiger partial charge on any atom is -0.348 e. The Balaban J connectivity index is 0.00000189. The third-order valence-electron chi connectivity index (χ3n) is 6.88. The molecule has 1 atom stereocenters. The van der Waals surface area contributed by atoms with Crippen LogP contribution in [0.1, 0.15) is 64.2 Å². The van der Waals surface area contributed by atoms with Crippen LogP contribution in [-0.2, 0) is 38.0 Å². The lowest BCUT2D eigenvalue weighted by atomic mass is 10.0. The van der Waals surface area contributed by atoms with Crippen molar-refractivity contribution >= 4 is 27.4 Å². The Hall–Kier alpha value is -3.34. The zero-order valence-electron chi connectivity index (χ0n) is 24.5. The summed E-state index contributed by atoms with van der Waals surface area (Å²) in [6, 6.07) is 16.5. The lowest BCUT2D eigenvalue weighted by molar-refractivity contribution is -0.137. The normalized spacial score (nSPS) is 18.1. The molecule has 2 aromatic carbocycles. The van der Waals surface area contributed by atoms with Gasteiger partial charge in [-0.25, -0.2) is 23.2 Å². The van der Waals surface area contributed by atoms with Crippen molar-refractivity contribution in [2.24, 2.45) is 0 Å². The van der Waals surface area contributed by atoms with Crippen LogP contribution in [0.5, 0.6) is 0 Å². The summed E-state index contributed by atoms with van der Waals surface area (Å²) in [6.45, 7) is 10.5. The number of aromatic nitrogens is 2. The monoisotopic (exact) mass is 580 g/mol. The molecule has 9 nitrogen and oxygen atoms in total. The third-order valence-corrected chi connectivity index (χ3v) is 8.35. The van der Waals surface area contributed by atoms with Crippen molar-refractivity contribution in [1.82, 2.24) is 9.97 Å².